The van der Waals surface area contributed by atoms with E-state index in [1.54, 1.807) is 29.4 Å². The van der Waals surface area contributed by atoms with Crippen LogP contribution >= 0.6 is 11.8 Å². The minimum atomic E-state index is -0.292. The molecule has 0 bridgehead atoms. The summed E-state index contributed by atoms with van der Waals surface area (Å²) in [5.41, 5.74) is 0.0198. The van der Waals surface area contributed by atoms with Crippen LogP contribution in [-0.4, -0.2) is 27.5 Å². The third kappa shape index (κ3) is 2.76. The van der Waals surface area contributed by atoms with E-state index in [1.165, 1.54) is 0 Å². The summed E-state index contributed by atoms with van der Waals surface area (Å²) in [6, 6.07) is 0. The molecule has 1 aromatic rings. The van der Waals surface area contributed by atoms with Gasteiger partial charge in [-0.1, -0.05) is 0 Å². The average Bonchev–Trinajstić information content (AvgIpc) is 2.79. The Labute approximate surface area is 97.5 Å². The highest BCUT2D eigenvalue weighted by molar-refractivity contribution is 7.99. The van der Waals surface area contributed by atoms with Gasteiger partial charge in [0.15, 0.2) is 0 Å². The van der Waals surface area contributed by atoms with Gasteiger partial charge in [0.2, 0.25) is 0 Å². The zero-order valence-corrected chi connectivity index (χ0v) is 10.2. The molecular formula is C10H16N2O3S. The fourth-order valence-corrected chi connectivity index (χ4v) is 2.84. The lowest BCUT2D eigenvalue weighted by Gasteiger charge is -2.11. The molecule has 0 spiro atoms. The Balaban J connectivity index is 0.000000606. The smallest absolute Gasteiger partial charge is 0.329 e. The van der Waals surface area contributed by atoms with Crippen molar-refractivity contribution in [2.45, 2.75) is 25.1 Å². The van der Waals surface area contributed by atoms with Crippen LogP contribution in [0.5, 0.6) is 0 Å². The third-order valence-electron chi connectivity index (χ3n) is 2.36. The van der Waals surface area contributed by atoms with E-state index in [-0.39, 0.29) is 16.6 Å². The fourth-order valence-electron chi connectivity index (χ4n) is 1.58. The van der Waals surface area contributed by atoms with Gasteiger partial charge in [-0.05, 0) is 25.5 Å². The maximum Gasteiger partial charge on any atom is 0.329 e. The predicted molar refractivity (Wildman–Crippen MR) is 64.9 cm³/mol. The Bertz CT molecular complexity index is 446. The number of nitrogens with one attached hydrogen (secondary N) is 1. The van der Waals surface area contributed by atoms with E-state index in [2.05, 4.69) is 4.98 Å². The molecule has 1 atom stereocenters. The molecule has 0 radical (unpaired) electrons. The van der Waals surface area contributed by atoms with E-state index in [0.717, 1.165) is 25.7 Å². The summed E-state index contributed by atoms with van der Waals surface area (Å²) in [4.78, 5) is 24.9. The van der Waals surface area contributed by atoms with Crippen molar-refractivity contribution in [3.63, 3.8) is 0 Å². The summed E-state index contributed by atoms with van der Waals surface area (Å²) < 4.78 is 1.63. The molecule has 0 amide bonds. The molecule has 1 fully saturated rings. The highest BCUT2D eigenvalue weighted by Gasteiger charge is 2.18. The first-order valence-electron chi connectivity index (χ1n) is 5.07. The molecule has 1 saturated heterocycles. The molecular weight excluding hydrogens is 228 g/mol. The minimum Gasteiger partial charge on any atom is -0.400 e. The van der Waals surface area contributed by atoms with Crippen LogP contribution in [0.15, 0.2) is 15.8 Å². The molecule has 0 saturated carbocycles. The molecule has 2 rings (SSSR count). The molecule has 5 nitrogen and oxygen atoms in total. The van der Waals surface area contributed by atoms with E-state index < -0.39 is 0 Å². The van der Waals surface area contributed by atoms with Crippen LogP contribution in [0.1, 0.15) is 23.8 Å². The summed E-state index contributed by atoms with van der Waals surface area (Å²) in [6.07, 6.45) is 3.81. The molecule has 1 aliphatic rings. The quantitative estimate of drug-likeness (QED) is 0.753. The van der Waals surface area contributed by atoms with E-state index in [4.69, 9.17) is 5.11 Å². The Hall–Kier alpha value is -1.01. The van der Waals surface area contributed by atoms with E-state index in [0.29, 0.717) is 5.56 Å². The first-order chi connectivity index (χ1) is 7.68. The van der Waals surface area contributed by atoms with E-state index in [9.17, 15) is 9.59 Å². The van der Waals surface area contributed by atoms with Gasteiger partial charge in [0.25, 0.3) is 5.56 Å². The van der Waals surface area contributed by atoms with Gasteiger partial charge in [0.1, 0.15) is 0 Å². The summed E-state index contributed by atoms with van der Waals surface area (Å²) in [6.45, 7) is 1.72. The Morgan fingerprint density at radius 3 is 2.75 bits per heavy atom. The standard InChI is InChI=1S/C9H12N2O2S.CH4O/c1-6-5-11(7-3-2-4-14-7)9(13)10-8(6)12;1-2/h5,7H,2-4H2,1H3,(H,10,12,13);2H,1H3. The largest absolute Gasteiger partial charge is 0.400 e. The molecule has 6 heteroatoms. The highest BCUT2D eigenvalue weighted by atomic mass is 32.2. The number of aromatic amines is 1. The molecule has 2 N–H and O–H groups in total. The maximum atomic E-state index is 11.5. The number of H-pyrrole nitrogens is 1. The number of hydrogen-bond donors (Lipinski definition) is 2. The second kappa shape index (κ2) is 5.91. The number of aliphatic hydroxyl groups is 1. The van der Waals surface area contributed by atoms with Crippen LogP contribution in [-0.2, 0) is 0 Å². The fraction of sp³-hybridized carbons (Fsp3) is 0.600. The van der Waals surface area contributed by atoms with Gasteiger partial charge in [0.05, 0.1) is 5.37 Å². The van der Waals surface area contributed by atoms with Gasteiger partial charge in [-0.25, -0.2) is 4.79 Å². The van der Waals surface area contributed by atoms with Crippen molar-refractivity contribution in [3.8, 4) is 0 Å². The highest BCUT2D eigenvalue weighted by Crippen LogP contribution is 2.34. The lowest BCUT2D eigenvalue weighted by Crippen LogP contribution is -2.31. The van der Waals surface area contributed by atoms with Crippen molar-refractivity contribution in [1.29, 1.82) is 0 Å². The number of hydrogen-bond acceptors (Lipinski definition) is 4. The topological polar surface area (TPSA) is 75.1 Å². The van der Waals surface area contributed by atoms with Crippen molar-refractivity contribution in [3.05, 3.63) is 32.6 Å². The first-order valence-corrected chi connectivity index (χ1v) is 6.12. The van der Waals surface area contributed by atoms with Gasteiger partial charge in [-0.3, -0.25) is 14.3 Å². The number of thioether (sulfide) groups is 1. The maximum absolute atomic E-state index is 11.5. The molecule has 1 aliphatic heterocycles. The molecule has 1 unspecified atom stereocenters. The van der Waals surface area contributed by atoms with Crippen LogP contribution in [0.3, 0.4) is 0 Å². The number of aliphatic hydroxyl groups excluding tert-OH is 1. The molecule has 90 valence electrons. The number of nitrogens with zero attached hydrogens (tertiary/aromatic N) is 1. The predicted octanol–water partition coefficient (Wildman–Crippen LogP) is 0.479. The van der Waals surface area contributed by atoms with Gasteiger partial charge in [-0.2, -0.15) is 0 Å². The van der Waals surface area contributed by atoms with Crippen LogP contribution < -0.4 is 11.2 Å². The van der Waals surface area contributed by atoms with Gasteiger partial charge < -0.3 is 5.11 Å². The van der Waals surface area contributed by atoms with Gasteiger partial charge in [0, 0.05) is 18.9 Å². The summed E-state index contributed by atoms with van der Waals surface area (Å²) in [5, 5.41) is 7.21. The van der Waals surface area contributed by atoms with Crippen molar-refractivity contribution in [1.82, 2.24) is 9.55 Å². The van der Waals surface area contributed by atoms with Crippen molar-refractivity contribution >= 4 is 11.8 Å². The number of aryl methyl sites for hydroxylation is 1. The van der Waals surface area contributed by atoms with Crippen LogP contribution in [0.4, 0.5) is 0 Å². The summed E-state index contributed by atoms with van der Waals surface area (Å²) in [5.74, 6) is 1.09. The van der Waals surface area contributed by atoms with Crippen molar-refractivity contribution in [2.24, 2.45) is 0 Å². The zero-order valence-electron chi connectivity index (χ0n) is 9.40. The number of aromatic nitrogens is 2. The number of rotatable bonds is 1. The second-order valence-electron chi connectivity index (χ2n) is 3.45. The van der Waals surface area contributed by atoms with Crippen molar-refractivity contribution < 1.29 is 5.11 Å². The van der Waals surface area contributed by atoms with Crippen LogP contribution in [0.25, 0.3) is 0 Å². The minimum absolute atomic E-state index is 0.207. The van der Waals surface area contributed by atoms with E-state index in [1.807, 2.05) is 0 Å². The molecule has 2 heterocycles. The zero-order chi connectivity index (χ0) is 12.1. The Morgan fingerprint density at radius 2 is 2.19 bits per heavy atom. The monoisotopic (exact) mass is 244 g/mol. The average molecular weight is 244 g/mol. The van der Waals surface area contributed by atoms with Crippen LogP contribution in [0, 0.1) is 6.92 Å². The lowest BCUT2D eigenvalue weighted by atomic mass is 10.3. The first kappa shape index (κ1) is 13.1. The summed E-state index contributed by atoms with van der Waals surface area (Å²) in [7, 11) is 1.00. The molecule has 1 aromatic heterocycles. The normalized spacial score (nSPS) is 19.1. The third-order valence-corrected chi connectivity index (χ3v) is 3.73. The lowest BCUT2D eigenvalue weighted by molar-refractivity contribution is 0.399. The Morgan fingerprint density at radius 1 is 1.50 bits per heavy atom. The van der Waals surface area contributed by atoms with Crippen molar-refractivity contribution in [2.75, 3.05) is 12.9 Å². The van der Waals surface area contributed by atoms with E-state index >= 15 is 0 Å². The molecule has 16 heavy (non-hydrogen) atoms. The van der Waals surface area contributed by atoms with Gasteiger partial charge >= 0.3 is 5.69 Å². The molecule has 0 aliphatic carbocycles. The molecule has 0 aromatic carbocycles. The second-order valence-corrected chi connectivity index (χ2v) is 4.73. The van der Waals surface area contributed by atoms with Crippen LogP contribution in [0.2, 0.25) is 0 Å². The Kier molecular flexibility index (Phi) is 4.82. The summed E-state index contributed by atoms with van der Waals surface area (Å²) >= 11 is 1.77. The van der Waals surface area contributed by atoms with Gasteiger partial charge in [-0.15, -0.1) is 11.8 Å². The SMILES string of the molecule is CO.Cc1cn(C2CCCS2)c(=O)[nH]c1=O.